The first kappa shape index (κ1) is 15.1. The van der Waals surface area contributed by atoms with Gasteiger partial charge in [-0.3, -0.25) is 11.3 Å². The van der Waals surface area contributed by atoms with Crippen molar-refractivity contribution in [3.63, 3.8) is 0 Å². The highest BCUT2D eigenvalue weighted by Gasteiger charge is 2.31. The summed E-state index contributed by atoms with van der Waals surface area (Å²) in [5.74, 6) is 5.48. The number of hydrazine groups is 1. The number of hydrogen-bond donors (Lipinski definition) is 2. The van der Waals surface area contributed by atoms with Gasteiger partial charge in [0.05, 0.1) is 0 Å². The van der Waals surface area contributed by atoms with Gasteiger partial charge in [0.2, 0.25) is 0 Å². The Labute approximate surface area is 109 Å². The fourth-order valence-corrected chi connectivity index (χ4v) is 1.93. The van der Waals surface area contributed by atoms with Crippen LogP contribution in [0, 0.1) is 12.7 Å². The molecular weight excluding hydrogens is 229 g/mol. The maximum absolute atomic E-state index is 13.1. The number of nitrogens with two attached hydrogens (primary N) is 1. The molecule has 0 spiro atoms. The van der Waals surface area contributed by atoms with Crippen LogP contribution in [0.4, 0.5) is 4.39 Å². The van der Waals surface area contributed by atoms with Crippen LogP contribution in [0.15, 0.2) is 18.2 Å². The summed E-state index contributed by atoms with van der Waals surface area (Å²) in [5, 5.41) is 0. The third-order valence-electron chi connectivity index (χ3n) is 3.94. The summed E-state index contributed by atoms with van der Waals surface area (Å²) >= 11 is 0. The molecule has 1 aromatic carbocycles. The standard InChI is InChI=1S/C14H24FN3/c1-10-8-12(15)7-6-11(10)9-13(17-16)14(2,3)18(4)5/h6-8,13,17H,9,16H2,1-5H3. The van der Waals surface area contributed by atoms with Gasteiger partial charge in [-0.15, -0.1) is 0 Å². The van der Waals surface area contributed by atoms with Crippen LogP contribution in [-0.4, -0.2) is 30.6 Å². The first-order valence-corrected chi connectivity index (χ1v) is 6.17. The quantitative estimate of drug-likeness (QED) is 0.621. The fraction of sp³-hybridized carbons (Fsp3) is 0.571. The molecule has 0 fully saturated rings. The second-order valence-corrected chi connectivity index (χ2v) is 5.54. The second-order valence-electron chi connectivity index (χ2n) is 5.54. The van der Waals surface area contributed by atoms with Gasteiger partial charge in [0.1, 0.15) is 5.82 Å². The first-order chi connectivity index (χ1) is 8.28. The number of nitrogens with zero attached hydrogens (tertiary/aromatic N) is 1. The van der Waals surface area contributed by atoms with Crippen molar-refractivity contribution in [2.75, 3.05) is 14.1 Å². The van der Waals surface area contributed by atoms with Gasteiger partial charge in [0.25, 0.3) is 0 Å². The molecule has 3 nitrogen and oxygen atoms in total. The third kappa shape index (κ3) is 3.28. The van der Waals surface area contributed by atoms with Crippen molar-refractivity contribution in [2.24, 2.45) is 5.84 Å². The summed E-state index contributed by atoms with van der Waals surface area (Å²) in [6.07, 6.45) is 0.772. The molecule has 1 atom stereocenters. The Balaban J connectivity index is 2.93. The number of nitrogens with one attached hydrogen (secondary N) is 1. The van der Waals surface area contributed by atoms with Crippen LogP contribution < -0.4 is 11.3 Å². The van der Waals surface area contributed by atoms with Crippen LogP contribution >= 0.6 is 0 Å². The lowest BCUT2D eigenvalue weighted by atomic mass is 9.87. The van der Waals surface area contributed by atoms with E-state index >= 15 is 0 Å². The highest BCUT2D eigenvalue weighted by atomic mass is 19.1. The Morgan fingerprint density at radius 3 is 2.44 bits per heavy atom. The number of benzene rings is 1. The van der Waals surface area contributed by atoms with E-state index in [-0.39, 0.29) is 17.4 Å². The number of rotatable bonds is 5. The number of halogens is 1. The van der Waals surface area contributed by atoms with E-state index in [0.29, 0.717) is 0 Å². The van der Waals surface area contributed by atoms with Gasteiger partial charge in [-0.1, -0.05) is 6.07 Å². The summed E-state index contributed by atoms with van der Waals surface area (Å²) in [5.41, 5.74) is 4.87. The van der Waals surface area contributed by atoms with E-state index in [9.17, 15) is 4.39 Å². The highest BCUT2D eigenvalue weighted by Crippen LogP contribution is 2.21. The van der Waals surface area contributed by atoms with Gasteiger partial charge in [-0.2, -0.15) is 0 Å². The van der Waals surface area contributed by atoms with Crippen LogP contribution in [0.1, 0.15) is 25.0 Å². The predicted molar refractivity (Wildman–Crippen MR) is 73.7 cm³/mol. The number of hydrogen-bond acceptors (Lipinski definition) is 3. The molecule has 4 heteroatoms. The van der Waals surface area contributed by atoms with Gasteiger partial charge < -0.3 is 4.90 Å². The van der Waals surface area contributed by atoms with Crippen molar-refractivity contribution in [1.82, 2.24) is 10.3 Å². The minimum atomic E-state index is -0.194. The first-order valence-electron chi connectivity index (χ1n) is 6.17. The van der Waals surface area contributed by atoms with Gasteiger partial charge in [-0.25, -0.2) is 4.39 Å². The van der Waals surface area contributed by atoms with Crippen molar-refractivity contribution in [2.45, 2.75) is 38.8 Å². The van der Waals surface area contributed by atoms with Crippen molar-refractivity contribution in [3.05, 3.63) is 35.1 Å². The highest BCUT2D eigenvalue weighted by molar-refractivity contribution is 5.28. The maximum Gasteiger partial charge on any atom is 0.123 e. The second kappa shape index (κ2) is 5.78. The van der Waals surface area contributed by atoms with Crippen LogP contribution in [0.5, 0.6) is 0 Å². The molecule has 18 heavy (non-hydrogen) atoms. The molecule has 1 aromatic rings. The Morgan fingerprint density at radius 1 is 1.39 bits per heavy atom. The molecule has 0 saturated heterocycles. The van der Waals surface area contributed by atoms with E-state index in [2.05, 4.69) is 24.2 Å². The Morgan fingerprint density at radius 2 is 2.00 bits per heavy atom. The average molecular weight is 253 g/mol. The molecule has 0 aliphatic heterocycles. The molecule has 1 rings (SSSR count). The minimum Gasteiger partial charge on any atom is -0.303 e. The third-order valence-corrected chi connectivity index (χ3v) is 3.94. The molecule has 0 amide bonds. The SMILES string of the molecule is Cc1cc(F)ccc1CC(NN)C(C)(C)N(C)C. The molecule has 1 unspecified atom stereocenters. The molecule has 0 saturated carbocycles. The topological polar surface area (TPSA) is 41.3 Å². The zero-order chi connectivity index (χ0) is 13.9. The monoisotopic (exact) mass is 253 g/mol. The molecule has 0 radical (unpaired) electrons. The largest absolute Gasteiger partial charge is 0.303 e. The smallest absolute Gasteiger partial charge is 0.123 e. The van der Waals surface area contributed by atoms with Crippen molar-refractivity contribution in [1.29, 1.82) is 0 Å². The van der Waals surface area contributed by atoms with Gasteiger partial charge in [-0.05, 0) is 64.5 Å². The summed E-state index contributed by atoms with van der Waals surface area (Å²) < 4.78 is 13.1. The van der Waals surface area contributed by atoms with Gasteiger partial charge in [0.15, 0.2) is 0 Å². The van der Waals surface area contributed by atoms with E-state index < -0.39 is 0 Å². The molecule has 0 aliphatic rings. The summed E-state index contributed by atoms with van der Waals surface area (Å²) in [7, 11) is 4.06. The Bertz CT molecular complexity index is 402. The summed E-state index contributed by atoms with van der Waals surface area (Å²) in [4.78, 5) is 2.14. The summed E-state index contributed by atoms with van der Waals surface area (Å²) in [6.45, 7) is 6.20. The van der Waals surface area contributed by atoms with E-state index in [4.69, 9.17) is 5.84 Å². The lowest BCUT2D eigenvalue weighted by Gasteiger charge is -2.40. The van der Waals surface area contributed by atoms with E-state index in [1.165, 1.54) is 6.07 Å². The van der Waals surface area contributed by atoms with E-state index in [0.717, 1.165) is 17.5 Å². The van der Waals surface area contributed by atoms with Crippen LogP contribution in [0.2, 0.25) is 0 Å². The molecular formula is C14H24FN3. The minimum absolute atomic E-state index is 0.0877. The van der Waals surface area contributed by atoms with Crippen molar-refractivity contribution >= 4 is 0 Å². The Hall–Kier alpha value is -0.970. The van der Waals surface area contributed by atoms with Crippen molar-refractivity contribution in [3.8, 4) is 0 Å². The Kier molecular flexibility index (Phi) is 4.85. The van der Waals surface area contributed by atoms with E-state index in [1.807, 2.05) is 27.1 Å². The number of likely N-dealkylation sites (N-methyl/N-ethyl adjacent to an activating group) is 1. The zero-order valence-corrected chi connectivity index (χ0v) is 11.9. The fourth-order valence-electron chi connectivity index (χ4n) is 1.93. The molecule has 0 bridgehead atoms. The van der Waals surface area contributed by atoms with Crippen LogP contribution in [0.25, 0.3) is 0 Å². The maximum atomic E-state index is 13.1. The van der Waals surface area contributed by atoms with Crippen LogP contribution in [-0.2, 0) is 6.42 Å². The summed E-state index contributed by atoms with van der Waals surface area (Å²) in [6, 6.07) is 4.99. The van der Waals surface area contributed by atoms with Crippen LogP contribution in [0.3, 0.4) is 0 Å². The number of aryl methyl sites for hydroxylation is 1. The van der Waals surface area contributed by atoms with Crippen molar-refractivity contribution < 1.29 is 4.39 Å². The normalized spacial score (nSPS) is 14.0. The van der Waals surface area contributed by atoms with E-state index in [1.54, 1.807) is 6.07 Å². The zero-order valence-electron chi connectivity index (χ0n) is 11.9. The van der Waals surface area contributed by atoms with Gasteiger partial charge >= 0.3 is 0 Å². The average Bonchev–Trinajstić information content (AvgIpc) is 2.27. The lowest BCUT2D eigenvalue weighted by molar-refractivity contribution is 0.137. The predicted octanol–water partition coefficient (Wildman–Crippen LogP) is 1.85. The molecule has 0 aromatic heterocycles. The van der Waals surface area contributed by atoms with Gasteiger partial charge in [0, 0.05) is 11.6 Å². The lowest BCUT2D eigenvalue weighted by Crippen LogP contribution is -2.58. The molecule has 0 aliphatic carbocycles. The molecule has 0 heterocycles. The molecule has 3 N–H and O–H groups in total. The molecule has 102 valence electrons.